The predicted molar refractivity (Wildman–Crippen MR) is 109 cm³/mol. The van der Waals surface area contributed by atoms with Gasteiger partial charge in [0.15, 0.2) is 0 Å². The Morgan fingerprint density at radius 3 is 2.43 bits per heavy atom. The molecule has 28 heavy (non-hydrogen) atoms. The number of hydrogen-bond acceptors (Lipinski definition) is 7. The van der Waals surface area contributed by atoms with Gasteiger partial charge in [0.05, 0.1) is 11.9 Å². The van der Waals surface area contributed by atoms with Crippen LogP contribution in [0.5, 0.6) is 0 Å². The quantitative estimate of drug-likeness (QED) is 0.544. The first-order chi connectivity index (χ1) is 13.5. The highest BCUT2D eigenvalue weighted by molar-refractivity contribution is 5.91. The third-order valence-electron chi connectivity index (χ3n) is 3.89. The SMILES string of the molecule is Cc1ccc(Nc2cc(C)nc(NCCNC(=O)c3cnc(C)cn3)n2)cc1. The molecule has 0 fully saturated rings. The van der Waals surface area contributed by atoms with Crippen LogP contribution >= 0.6 is 0 Å². The van der Waals surface area contributed by atoms with Crippen molar-refractivity contribution >= 4 is 23.4 Å². The Kier molecular flexibility index (Phi) is 6.11. The van der Waals surface area contributed by atoms with Gasteiger partial charge >= 0.3 is 0 Å². The number of amides is 1. The summed E-state index contributed by atoms with van der Waals surface area (Å²) in [6.45, 7) is 6.67. The van der Waals surface area contributed by atoms with Gasteiger partial charge in [0.25, 0.3) is 5.91 Å². The summed E-state index contributed by atoms with van der Waals surface area (Å²) in [6, 6.07) is 9.96. The van der Waals surface area contributed by atoms with Gasteiger partial charge in [0.2, 0.25) is 5.95 Å². The van der Waals surface area contributed by atoms with Crippen molar-refractivity contribution in [1.29, 1.82) is 0 Å². The van der Waals surface area contributed by atoms with E-state index in [1.54, 1.807) is 6.20 Å². The molecule has 0 bridgehead atoms. The Balaban J connectivity index is 1.52. The van der Waals surface area contributed by atoms with Gasteiger partial charge in [0.1, 0.15) is 11.5 Å². The summed E-state index contributed by atoms with van der Waals surface area (Å²) < 4.78 is 0. The molecule has 1 aromatic carbocycles. The van der Waals surface area contributed by atoms with Crippen molar-refractivity contribution in [3.8, 4) is 0 Å². The number of nitrogens with one attached hydrogen (secondary N) is 3. The zero-order valence-electron chi connectivity index (χ0n) is 16.2. The number of carbonyl (C=O) groups is 1. The lowest BCUT2D eigenvalue weighted by Gasteiger charge is -2.10. The van der Waals surface area contributed by atoms with E-state index in [0.29, 0.717) is 30.5 Å². The fraction of sp³-hybridized carbons (Fsp3) is 0.250. The fourth-order valence-electron chi connectivity index (χ4n) is 2.45. The van der Waals surface area contributed by atoms with Crippen molar-refractivity contribution in [3.05, 3.63) is 65.4 Å². The number of aryl methyl sites for hydroxylation is 3. The smallest absolute Gasteiger partial charge is 0.271 e. The van der Waals surface area contributed by atoms with Crippen molar-refractivity contribution in [1.82, 2.24) is 25.3 Å². The van der Waals surface area contributed by atoms with Gasteiger partial charge in [0, 0.05) is 36.7 Å². The van der Waals surface area contributed by atoms with Gasteiger partial charge in [-0.2, -0.15) is 4.98 Å². The van der Waals surface area contributed by atoms with Gasteiger partial charge in [-0.1, -0.05) is 17.7 Å². The number of anilines is 3. The van der Waals surface area contributed by atoms with Crippen molar-refractivity contribution < 1.29 is 4.79 Å². The minimum Gasteiger partial charge on any atom is -0.352 e. The molecule has 0 unspecified atom stereocenters. The number of nitrogens with zero attached hydrogens (tertiary/aromatic N) is 4. The molecule has 3 rings (SSSR count). The van der Waals surface area contributed by atoms with Crippen molar-refractivity contribution in [2.75, 3.05) is 23.7 Å². The molecule has 3 aromatic rings. The Hall–Kier alpha value is -3.55. The molecule has 2 heterocycles. The Morgan fingerprint density at radius 2 is 1.71 bits per heavy atom. The minimum absolute atomic E-state index is 0.263. The lowest BCUT2D eigenvalue weighted by atomic mass is 10.2. The van der Waals surface area contributed by atoms with E-state index in [0.717, 1.165) is 17.1 Å². The van der Waals surface area contributed by atoms with E-state index in [2.05, 4.69) is 35.9 Å². The van der Waals surface area contributed by atoms with E-state index in [-0.39, 0.29) is 5.91 Å². The van der Waals surface area contributed by atoms with Gasteiger partial charge in [-0.25, -0.2) is 9.97 Å². The van der Waals surface area contributed by atoms with Crippen LogP contribution in [0, 0.1) is 20.8 Å². The predicted octanol–water partition coefficient (Wildman–Crippen LogP) is 2.78. The molecular weight excluding hydrogens is 354 g/mol. The lowest BCUT2D eigenvalue weighted by molar-refractivity contribution is 0.0949. The average molecular weight is 377 g/mol. The van der Waals surface area contributed by atoms with Crippen molar-refractivity contribution in [2.24, 2.45) is 0 Å². The molecule has 3 N–H and O–H groups in total. The molecule has 144 valence electrons. The number of hydrogen-bond donors (Lipinski definition) is 3. The van der Waals surface area contributed by atoms with Crippen LogP contribution in [-0.2, 0) is 0 Å². The second-order valence-electron chi connectivity index (χ2n) is 6.43. The number of aromatic nitrogens is 4. The lowest BCUT2D eigenvalue weighted by Crippen LogP contribution is -2.29. The van der Waals surface area contributed by atoms with E-state index in [1.165, 1.54) is 11.8 Å². The summed E-state index contributed by atoms with van der Waals surface area (Å²) >= 11 is 0. The molecule has 0 radical (unpaired) electrons. The monoisotopic (exact) mass is 377 g/mol. The summed E-state index contributed by atoms with van der Waals surface area (Å²) in [4.78, 5) is 29.0. The first kappa shape index (κ1) is 19.2. The number of benzene rings is 1. The first-order valence-corrected chi connectivity index (χ1v) is 9.00. The molecule has 1 amide bonds. The third-order valence-corrected chi connectivity index (χ3v) is 3.89. The average Bonchev–Trinajstić information content (AvgIpc) is 2.67. The highest BCUT2D eigenvalue weighted by Crippen LogP contribution is 2.17. The molecule has 8 nitrogen and oxygen atoms in total. The zero-order chi connectivity index (χ0) is 19.9. The van der Waals surface area contributed by atoms with Crippen LogP contribution < -0.4 is 16.0 Å². The largest absolute Gasteiger partial charge is 0.352 e. The van der Waals surface area contributed by atoms with E-state index >= 15 is 0 Å². The fourth-order valence-corrected chi connectivity index (χ4v) is 2.45. The second kappa shape index (κ2) is 8.90. The maximum atomic E-state index is 12.0. The number of rotatable bonds is 7. The van der Waals surface area contributed by atoms with Crippen LogP contribution in [0.15, 0.2) is 42.7 Å². The summed E-state index contributed by atoms with van der Waals surface area (Å²) in [5.74, 6) is 0.943. The molecule has 0 atom stereocenters. The number of carbonyl (C=O) groups excluding carboxylic acids is 1. The minimum atomic E-state index is -0.263. The van der Waals surface area contributed by atoms with Crippen LogP contribution in [0.1, 0.15) is 27.4 Å². The van der Waals surface area contributed by atoms with Gasteiger partial charge < -0.3 is 16.0 Å². The van der Waals surface area contributed by atoms with Crippen LogP contribution in [0.3, 0.4) is 0 Å². The van der Waals surface area contributed by atoms with Gasteiger partial charge in [-0.15, -0.1) is 0 Å². The third kappa shape index (κ3) is 5.47. The molecule has 0 saturated heterocycles. The van der Waals surface area contributed by atoms with E-state index in [4.69, 9.17) is 0 Å². The molecule has 0 aliphatic carbocycles. The van der Waals surface area contributed by atoms with Crippen molar-refractivity contribution in [2.45, 2.75) is 20.8 Å². The molecule has 0 saturated carbocycles. The highest BCUT2D eigenvalue weighted by Gasteiger charge is 2.07. The molecule has 8 heteroatoms. The van der Waals surface area contributed by atoms with Crippen LogP contribution in [0.4, 0.5) is 17.5 Å². The second-order valence-corrected chi connectivity index (χ2v) is 6.43. The summed E-state index contributed by atoms with van der Waals surface area (Å²) in [6.07, 6.45) is 3.03. The molecule has 0 aliphatic heterocycles. The van der Waals surface area contributed by atoms with E-state index in [9.17, 15) is 4.79 Å². The van der Waals surface area contributed by atoms with Crippen molar-refractivity contribution in [3.63, 3.8) is 0 Å². The maximum absolute atomic E-state index is 12.0. The molecular formula is C20H23N7O. The zero-order valence-corrected chi connectivity index (χ0v) is 16.2. The van der Waals surface area contributed by atoms with Crippen LogP contribution in [-0.4, -0.2) is 38.9 Å². The topological polar surface area (TPSA) is 105 Å². The highest BCUT2D eigenvalue weighted by atomic mass is 16.1. The Labute approximate surface area is 163 Å². The Bertz CT molecular complexity index is 940. The standard InChI is InChI=1S/C20H23N7O/c1-13-4-6-16(7-5-13)26-18-10-14(2)25-20(27-18)22-9-8-21-19(28)17-12-23-15(3)11-24-17/h4-7,10-12H,8-9H2,1-3H3,(H,21,28)(H2,22,25,26,27). The summed E-state index contributed by atoms with van der Waals surface area (Å²) in [5, 5.41) is 9.18. The van der Waals surface area contributed by atoms with Gasteiger partial charge in [-0.05, 0) is 32.9 Å². The van der Waals surface area contributed by atoms with E-state index in [1.807, 2.05) is 51.1 Å². The van der Waals surface area contributed by atoms with E-state index < -0.39 is 0 Å². The molecule has 2 aromatic heterocycles. The van der Waals surface area contributed by atoms with Gasteiger partial charge in [-0.3, -0.25) is 9.78 Å². The molecule has 0 aliphatic rings. The van der Waals surface area contributed by atoms with Crippen LogP contribution in [0.2, 0.25) is 0 Å². The first-order valence-electron chi connectivity index (χ1n) is 9.00. The normalized spacial score (nSPS) is 10.4. The summed E-state index contributed by atoms with van der Waals surface area (Å²) in [5.41, 5.74) is 4.06. The van der Waals surface area contributed by atoms with Crippen LogP contribution in [0.25, 0.3) is 0 Å². The summed E-state index contributed by atoms with van der Waals surface area (Å²) in [7, 11) is 0. The maximum Gasteiger partial charge on any atom is 0.271 e. The Morgan fingerprint density at radius 1 is 0.929 bits per heavy atom. The molecule has 0 spiro atoms.